The van der Waals surface area contributed by atoms with Crippen molar-refractivity contribution in [3.05, 3.63) is 106 Å². The van der Waals surface area contributed by atoms with Crippen LogP contribution in [0.5, 0.6) is 0 Å². The first-order valence-corrected chi connectivity index (χ1v) is 11.4. The Morgan fingerprint density at radius 3 is 2.07 bits per heavy atom. The van der Waals surface area contributed by atoms with E-state index in [0.29, 0.717) is 11.8 Å². The van der Waals surface area contributed by atoms with Crippen LogP contribution in [-0.2, 0) is 6.54 Å². The zero-order chi connectivity index (χ0) is 19.2. The van der Waals surface area contributed by atoms with E-state index in [1.807, 2.05) is 0 Å². The van der Waals surface area contributed by atoms with Crippen LogP contribution in [0.15, 0.2) is 72.8 Å². The SMILES string of the molecule is c1ccc(C2CCN(Cc3cccc4c3C3CCC4c4ccccc43)CC2)cc1. The van der Waals surface area contributed by atoms with E-state index in [0.717, 1.165) is 12.5 Å². The van der Waals surface area contributed by atoms with Crippen molar-refractivity contribution >= 4 is 0 Å². The number of piperidine rings is 1. The summed E-state index contributed by atoms with van der Waals surface area (Å²) in [7, 11) is 0. The molecule has 146 valence electrons. The second-order valence-electron chi connectivity index (χ2n) is 9.19. The van der Waals surface area contributed by atoms with Gasteiger partial charge in [-0.3, -0.25) is 4.90 Å². The van der Waals surface area contributed by atoms with Crippen LogP contribution in [0, 0.1) is 0 Å². The summed E-state index contributed by atoms with van der Waals surface area (Å²) >= 11 is 0. The van der Waals surface area contributed by atoms with Gasteiger partial charge >= 0.3 is 0 Å². The van der Waals surface area contributed by atoms with Gasteiger partial charge in [0.15, 0.2) is 0 Å². The van der Waals surface area contributed by atoms with E-state index in [-0.39, 0.29) is 0 Å². The van der Waals surface area contributed by atoms with Crippen molar-refractivity contribution in [3.8, 4) is 0 Å². The summed E-state index contributed by atoms with van der Waals surface area (Å²) in [5.74, 6) is 1.97. The molecule has 2 unspecified atom stereocenters. The molecule has 7 rings (SSSR count). The Bertz CT molecular complexity index is 1010. The van der Waals surface area contributed by atoms with Crippen molar-refractivity contribution in [2.45, 2.75) is 50.0 Å². The molecule has 0 spiro atoms. The lowest BCUT2D eigenvalue weighted by molar-refractivity contribution is 0.203. The lowest BCUT2D eigenvalue weighted by Gasteiger charge is -2.42. The van der Waals surface area contributed by atoms with Crippen LogP contribution in [0.3, 0.4) is 0 Å². The number of fused-ring (bicyclic) bond motifs is 1. The maximum Gasteiger partial charge on any atom is 0.0236 e. The Hall–Kier alpha value is -2.38. The third-order valence-corrected chi connectivity index (χ3v) is 7.70. The first-order valence-electron chi connectivity index (χ1n) is 11.4. The van der Waals surface area contributed by atoms with Crippen LogP contribution < -0.4 is 0 Å². The maximum atomic E-state index is 2.70. The summed E-state index contributed by atoms with van der Waals surface area (Å²) in [6.07, 6.45) is 5.21. The normalized spacial score (nSPS) is 23.6. The first kappa shape index (κ1) is 17.5. The lowest BCUT2D eigenvalue weighted by atomic mass is 9.63. The fourth-order valence-electron chi connectivity index (χ4n) is 6.30. The average Bonchev–Trinajstić information content (AvgIpc) is 2.81. The molecular formula is C28H29N. The van der Waals surface area contributed by atoms with E-state index in [1.165, 1.54) is 44.3 Å². The van der Waals surface area contributed by atoms with Gasteiger partial charge in [0.05, 0.1) is 0 Å². The number of rotatable bonds is 3. The van der Waals surface area contributed by atoms with Crippen molar-refractivity contribution in [2.75, 3.05) is 13.1 Å². The predicted molar refractivity (Wildman–Crippen MR) is 119 cm³/mol. The number of hydrogen-bond donors (Lipinski definition) is 0. The van der Waals surface area contributed by atoms with Crippen LogP contribution >= 0.6 is 0 Å². The van der Waals surface area contributed by atoms with Crippen molar-refractivity contribution < 1.29 is 0 Å². The maximum absolute atomic E-state index is 2.70. The second-order valence-corrected chi connectivity index (χ2v) is 9.19. The van der Waals surface area contributed by atoms with E-state index in [4.69, 9.17) is 0 Å². The van der Waals surface area contributed by atoms with Crippen molar-refractivity contribution in [3.63, 3.8) is 0 Å². The van der Waals surface area contributed by atoms with E-state index < -0.39 is 0 Å². The molecule has 1 aliphatic heterocycles. The number of nitrogens with zero attached hydrogens (tertiary/aromatic N) is 1. The van der Waals surface area contributed by atoms with E-state index in [1.54, 1.807) is 27.8 Å². The van der Waals surface area contributed by atoms with Crippen LogP contribution in [0.4, 0.5) is 0 Å². The fraction of sp³-hybridized carbons (Fsp3) is 0.357. The van der Waals surface area contributed by atoms with Gasteiger partial charge in [0.2, 0.25) is 0 Å². The number of likely N-dealkylation sites (tertiary alicyclic amines) is 1. The van der Waals surface area contributed by atoms with E-state index >= 15 is 0 Å². The van der Waals surface area contributed by atoms with Gasteiger partial charge < -0.3 is 0 Å². The topological polar surface area (TPSA) is 3.24 Å². The Kier molecular flexibility index (Phi) is 4.31. The van der Waals surface area contributed by atoms with Gasteiger partial charge in [-0.25, -0.2) is 0 Å². The van der Waals surface area contributed by atoms with Gasteiger partial charge in [-0.15, -0.1) is 0 Å². The second kappa shape index (κ2) is 7.15. The summed E-state index contributed by atoms with van der Waals surface area (Å²) in [4.78, 5) is 2.70. The minimum atomic E-state index is 0.615. The van der Waals surface area contributed by atoms with Crippen LogP contribution in [0.25, 0.3) is 0 Å². The molecule has 3 aromatic carbocycles. The molecule has 2 atom stereocenters. The molecule has 0 N–H and O–H groups in total. The molecule has 4 aliphatic rings. The molecular weight excluding hydrogens is 350 g/mol. The van der Waals surface area contributed by atoms with Crippen LogP contribution in [-0.4, -0.2) is 18.0 Å². The van der Waals surface area contributed by atoms with Gasteiger partial charge in [-0.1, -0.05) is 72.8 Å². The Morgan fingerprint density at radius 1 is 0.621 bits per heavy atom. The Labute approximate surface area is 174 Å². The van der Waals surface area contributed by atoms with Gasteiger partial charge in [0, 0.05) is 18.4 Å². The van der Waals surface area contributed by atoms with Crippen molar-refractivity contribution in [2.24, 2.45) is 0 Å². The quantitative estimate of drug-likeness (QED) is 0.506. The smallest absolute Gasteiger partial charge is 0.0236 e. The molecule has 1 heteroatoms. The highest BCUT2D eigenvalue weighted by atomic mass is 15.1. The van der Waals surface area contributed by atoms with Gasteiger partial charge in [-0.05, 0) is 78.1 Å². The molecule has 1 fully saturated rings. The average molecular weight is 380 g/mol. The summed E-state index contributed by atoms with van der Waals surface area (Å²) in [6, 6.07) is 27.5. The van der Waals surface area contributed by atoms with E-state index in [9.17, 15) is 0 Å². The molecule has 1 nitrogen and oxygen atoms in total. The molecule has 0 aromatic heterocycles. The monoisotopic (exact) mass is 379 g/mol. The van der Waals surface area contributed by atoms with Gasteiger partial charge in [0.1, 0.15) is 0 Å². The molecule has 3 aliphatic carbocycles. The predicted octanol–water partition coefficient (Wildman–Crippen LogP) is 6.44. The highest BCUT2D eigenvalue weighted by Crippen LogP contribution is 2.53. The number of hydrogen-bond acceptors (Lipinski definition) is 1. The van der Waals surface area contributed by atoms with Gasteiger partial charge in [-0.2, -0.15) is 0 Å². The highest BCUT2D eigenvalue weighted by Gasteiger charge is 2.38. The Balaban J connectivity index is 1.24. The fourth-order valence-corrected chi connectivity index (χ4v) is 6.30. The molecule has 3 aromatic rings. The van der Waals surface area contributed by atoms with Crippen LogP contribution in [0.2, 0.25) is 0 Å². The van der Waals surface area contributed by atoms with Crippen molar-refractivity contribution in [1.29, 1.82) is 0 Å². The largest absolute Gasteiger partial charge is 0.299 e. The first-order chi connectivity index (χ1) is 14.4. The summed E-state index contributed by atoms with van der Waals surface area (Å²) < 4.78 is 0. The molecule has 29 heavy (non-hydrogen) atoms. The molecule has 1 heterocycles. The lowest BCUT2D eigenvalue weighted by Crippen LogP contribution is -2.34. The summed E-state index contributed by atoms with van der Waals surface area (Å²) in [6.45, 7) is 3.55. The minimum Gasteiger partial charge on any atom is -0.299 e. The molecule has 2 bridgehead atoms. The summed E-state index contributed by atoms with van der Waals surface area (Å²) in [5, 5.41) is 0. The Morgan fingerprint density at radius 2 is 1.28 bits per heavy atom. The van der Waals surface area contributed by atoms with E-state index in [2.05, 4.69) is 77.7 Å². The minimum absolute atomic E-state index is 0.615. The zero-order valence-corrected chi connectivity index (χ0v) is 17.1. The summed E-state index contributed by atoms with van der Waals surface area (Å²) in [5.41, 5.74) is 9.61. The number of benzene rings is 3. The molecule has 1 saturated heterocycles. The van der Waals surface area contributed by atoms with Gasteiger partial charge in [0.25, 0.3) is 0 Å². The van der Waals surface area contributed by atoms with Crippen LogP contribution in [0.1, 0.15) is 76.8 Å². The molecule has 0 amide bonds. The highest BCUT2D eigenvalue weighted by molar-refractivity contribution is 5.57. The zero-order valence-electron chi connectivity index (χ0n) is 17.1. The molecule has 0 saturated carbocycles. The molecule has 0 radical (unpaired) electrons. The third kappa shape index (κ3) is 2.95. The third-order valence-electron chi connectivity index (χ3n) is 7.70. The van der Waals surface area contributed by atoms with Crippen molar-refractivity contribution in [1.82, 2.24) is 4.90 Å². The standard InChI is InChI=1S/C28H29N/c1-2-7-20(8-3-1)21-15-17-29(18-16-21)19-22-9-6-12-26-25-13-14-27(28(22)26)24-11-5-4-10-23(24)25/h1-12,21,25,27H,13-19H2.